The Morgan fingerprint density at radius 1 is 1.16 bits per heavy atom. The lowest BCUT2D eigenvalue weighted by atomic mass is 9.84. The van der Waals surface area contributed by atoms with Gasteiger partial charge in [0.25, 0.3) is 0 Å². The van der Waals surface area contributed by atoms with Crippen molar-refractivity contribution in [1.29, 1.82) is 0 Å². The summed E-state index contributed by atoms with van der Waals surface area (Å²) in [5.74, 6) is -2.14. The molecule has 1 aromatic rings. The van der Waals surface area contributed by atoms with E-state index in [2.05, 4.69) is 0 Å². The Morgan fingerprint density at radius 3 is 2.39 bits per heavy atom. The molecule has 0 aromatic heterocycles. The predicted molar refractivity (Wildman–Crippen MR) is 117 cm³/mol. The van der Waals surface area contributed by atoms with Crippen LogP contribution in [0.3, 0.4) is 0 Å². The van der Waals surface area contributed by atoms with Crippen LogP contribution in [0.25, 0.3) is 0 Å². The summed E-state index contributed by atoms with van der Waals surface area (Å²) in [5.41, 5.74) is 1.11. The highest BCUT2D eigenvalue weighted by molar-refractivity contribution is 6.33. The number of carbonyl (C=O) groups is 3. The van der Waals surface area contributed by atoms with Crippen molar-refractivity contribution in [2.75, 3.05) is 26.8 Å². The van der Waals surface area contributed by atoms with E-state index < -0.39 is 35.5 Å². The number of benzene rings is 1. The quantitative estimate of drug-likeness (QED) is 0.462. The molecule has 1 fully saturated rings. The summed E-state index contributed by atoms with van der Waals surface area (Å²) in [6, 6.07) is 3.65. The molecule has 7 nitrogen and oxygen atoms in total. The van der Waals surface area contributed by atoms with Crippen LogP contribution in [0.2, 0.25) is 5.02 Å². The molecule has 1 aromatic carbocycles. The fourth-order valence-corrected chi connectivity index (χ4v) is 4.14. The molecule has 0 radical (unpaired) electrons. The summed E-state index contributed by atoms with van der Waals surface area (Å²) in [5, 5.41) is 0.277. The number of rotatable bonds is 6. The summed E-state index contributed by atoms with van der Waals surface area (Å²) in [6.07, 6.45) is 1.14. The lowest BCUT2D eigenvalue weighted by molar-refractivity contribution is -0.145. The molecule has 31 heavy (non-hydrogen) atoms. The number of amides is 1. The number of carbonyl (C=O) groups excluding carboxylic acids is 3. The number of hydrogen-bond acceptors (Lipinski definition) is 6. The van der Waals surface area contributed by atoms with E-state index >= 15 is 0 Å². The minimum absolute atomic E-state index is 0.129. The van der Waals surface area contributed by atoms with Crippen LogP contribution >= 0.6 is 11.6 Å². The lowest BCUT2D eigenvalue weighted by Gasteiger charge is -2.24. The van der Waals surface area contributed by atoms with E-state index in [9.17, 15) is 14.4 Å². The molecule has 1 saturated heterocycles. The topological polar surface area (TPSA) is 82.1 Å². The van der Waals surface area contributed by atoms with Gasteiger partial charge in [-0.05, 0) is 51.3 Å². The van der Waals surface area contributed by atoms with Crippen molar-refractivity contribution in [2.24, 2.45) is 5.92 Å². The van der Waals surface area contributed by atoms with Gasteiger partial charge < -0.3 is 19.1 Å². The number of likely N-dealkylation sites (tertiary alicyclic amines) is 1. The van der Waals surface area contributed by atoms with Gasteiger partial charge in [-0.25, -0.2) is 9.59 Å². The molecular weight excluding hydrogens is 422 g/mol. The fourth-order valence-electron chi connectivity index (χ4n) is 3.82. The molecule has 172 valence electrons. The zero-order valence-corrected chi connectivity index (χ0v) is 19.9. The molecule has 0 N–H and O–H groups in total. The standard InChI is InChI=1S/C23H32ClNO6/c1-7-9-14-10-15(19(18(24)11-14)21(27)30-8-2)16-12-25(13-17(16)20(26)29-6)22(28)31-23(3,4)5/h10-11,16-17H,7-9,12-13H2,1-6H3/t16-,17+/m1/s1. The summed E-state index contributed by atoms with van der Waals surface area (Å²) in [4.78, 5) is 39.5. The molecule has 1 amide bonds. The van der Waals surface area contributed by atoms with E-state index in [1.165, 1.54) is 12.0 Å². The molecule has 0 unspecified atom stereocenters. The highest BCUT2D eigenvalue weighted by atomic mass is 35.5. The Balaban J connectivity index is 2.54. The average Bonchev–Trinajstić information content (AvgIpc) is 3.11. The van der Waals surface area contributed by atoms with E-state index in [1.54, 1.807) is 33.8 Å². The molecule has 8 heteroatoms. The Hall–Kier alpha value is -2.28. The summed E-state index contributed by atoms with van der Waals surface area (Å²) in [6.45, 7) is 9.63. The van der Waals surface area contributed by atoms with Crippen LogP contribution in [-0.4, -0.2) is 55.3 Å². The Kier molecular flexibility index (Phi) is 8.34. The summed E-state index contributed by atoms with van der Waals surface area (Å²) in [7, 11) is 1.31. The fraction of sp³-hybridized carbons (Fsp3) is 0.609. The van der Waals surface area contributed by atoms with Crippen LogP contribution in [-0.2, 0) is 25.4 Å². The summed E-state index contributed by atoms with van der Waals surface area (Å²) >= 11 is 6.50. The largest absolute Gasteiger partial charge is 0.469 e. The van der Waals surface area contributed by atoms with Crippen molar-refractivity contribution < 1.29 is 28.6 Å². The van der Waals surface area contributed by atoms with E-state index in [4.69, 9.17) is 25.8 Å². The van der Waals surface area contributed by atoms with Crippen LogP contribution in [0.15, 0.2) is 12.1 Å². The number of hydrogen-bond donors (Lipinski definition) is 0. The van der Waals surface area contributed by atoms with Gasteiger partial charge in [-0.15, -0.1) is 0 Å². The van der Waals surface area contributed by atoms with E-state index in [0.29, 0.717) is 5.56 Å². The molecule has 1 aliphatic rings. The number of ether oxygens (including phenoxy) is 3. The lowest BCUT2D eigenvalue weighted by Crippen LogP contribution is -2.36. The molecular formula is C23H32ClNO6. The maximum atomic E-state index is 12.7. The van der Waals surface area contributed by atoms with Crippen molar-refractivity contribution in [3.63, 3.8) is 0 Å². The zero-order chi connectivity index (χ0) is 23.3. The first-order valence-corrected chi connectivity index (χ1v) is 10.9. The van der Waals surface area contributed by atoms with Crippen molar-refractivity contribution in [2.45, 2.75) is 59.0 Å². The predicted octanol–water partition coefficient (Wildman–Crippen LogP) is 4.59. The minimum Gasteiger partial charge on any atom is -0.469 e. The third-order valence-corrected chi connectivity index (χ3v) is 5.37. The van der Waals surface area contributed by atoms with E-state index in [1.807, 2.05) is 13.0 Å². The Morgan fingerprint density at radius 2 is 1.84 bits per heavy atom. The Bertz CT molecular complexity index is 832. The highest BCUT2D eigenvalue weighted by Gasteiger charge is 2.44. The number of methoxy groups -OCH3 is 1. The zero-order valence-electron chi connectivity index (χ0n) is 19.1. The molecule has 1 heterocycles. The molecule has 2 rings (SSSR count). The van der Waals surface area contributed by atoms with Crippen molar-refractivity contribution in [1.82, 2.24) is 4.90 Å². The van der Waals surface area contributed by atoms with Gasteiger partial charge in [0, 0.05) is 19.0 Å². The van der Waals surface area contributed by atoms with Crippen molar-refractivity contribution in [3.8, 4) is 0 Å². The number of aryl methyl sites for hydroxylation is 1. The van der Waals surface area contributed by atoms with Gasteiger partial charge in [-0.2, -0.15) is 0 Å². The van der Waals surface area contributed by atoms with Gasteiger partial charge in [-0.1, -0.05) is 31.0 Å². The average molecular weight is 454 g/mol. The van der Waals surface area contributed by atoms with Gasteiger partial charge in [-0.3, -0.25) is 4.79 Å². The maximum absolute atomic E-state index is 12.7. The van der Waals surface area contributed by atoms with Gasteiger partial charge in [0.15, 0.2) is 0 Å². The highest BCUT2D eigenvalue weighted by Crippen LogP contribution is 2.39. The second-order valence-corrected chi connectivity index (χ2v) is 9.04. The van der Waals surface area contributed by atoms with Crippen molar-refractivity contribution in [3.05, 3.63) is 33.8 Å². The van der Waals surface area contributed by atoms with Crippen LogP contribution < -0.4 is 0 Å². The third-order valence-electron chi connectivity index (χ3n) is 5.07. The van der Waals surface area contributed by atoms with Crippen molar-refractivity contribution >= 4 is 29.6 Å². The van der Waals surface area contributed by atoms with Gasteiger partial charge in [0.2, 0.25) is 0 Å². The normalized spacial score (nSPS) is 18.6. The van der Waals surface area contributed by atoms with Crippen LogP contribution in [0.1, 0.15) is 68.4 Å². The maximum Gasteiger partial charge on any atom is 0.410 e. The second-order valence-electron chi connectivity index (χ2n) is 8.63. The molecule has 0 bridgehead atoms. The molecule has 0 aliphatic carbocycles. The number of nitrogens with zero attached hydrogens (tertiary/aromatic N) is 1. The molecule has 2 atom stereocenters. The van der Waals surface area contributed by atoms with Gasteiger partial charge in [0.05, 0.1) is 30.2 Å². The van der Waals surface area contributed by atoms with E-state index in [-0.39, 0.29) is 30.3 Å². The van der Waals surface area contributed by atoms with Crippen LogP contribution in [0, 0.1) is 5.92 Å². The SMILES string of the molecule is CCCc1cc(Cl)c(C(=O)OCC)c([C@H]2CN(C(=O)OC(C)(C)C)C[C@@H]2C(=O)OC)c1. The molecule has 1 aliphatic heterocycles. The number of esters is 2. The first kappa shape index (κ1) is 25.0. The van der Waals surface area contributed by atoms with Crippen LogP contribution in [0.4, 0.5) is 4.79 Å². The van der Waals surface area contributed by atoms with Gasteiger partial charge in [0.1, 0.15) is 5.60 Å². The summed E-state index contributed by atoms with van der Waals surface area (Å²) < 4.78 is 15.7. The third kappa shape index (κ3) is 6.12. The molecule has 0 spiro atoms. The van der Waals surface area contributed by atoms with E-state index in [0.717, 1.165) is 18.4 Å². The number of halogens is 1. The minimum atomic E-state index is -0.670. The Labute approximate surface area is 189 Å². The monoisotopic (exact) mass is 453 g/mol. The smallest absolute Gasteiger partial charge is 0.410 e. The molecule has 0 saturated carbocycles. The first-order chi connectivity index (χ1) is 14.5. The van der Waals surface area contributed by atoms with Crippen LogP contribution in [0.5, 0.6) is 0 Å². The first-order valence-electron chi connectivity index (χ1n) is 10.6. The second kappa shape index (κ2) is 10.4. The van der Waals surface area contributed by atoms with Gasteiger partial charge >= 0.3 is 18.0 Å².